The van der Waals surface area contributed by atoms with Gasteiger partial charge in [-0.1, -0.05) is 36.4 Å². The first-order valence-electron chi connectivity index (χ1n) is 4.73. The van der Waals surface area contributed by atoms with Crippen molar-refractivity contribution < 1.29 is 18.1 Å². The lowest BCUT2D eigenvalue weighted by molar-refractivity contribution is 0.419. The van der Waals surface area contributed by atoms with E-state index < -0.39 is 11.4 Å². The van der Waals surface area contributed by atoms with Crippen LogP contribution in [0.3, 0.4) is 0 Å². The SMILES string of the molecule is O=S([O-])[O-].[NH4+].[NH4+].c1ccc(Oc2ccccc2)cc1. The zero-order chi connectivity index (χ0) is 12.5. The van der Waals surface area contributed by atoms with E-state index >= 15 is 0 Å². The maximum Gasteiger partial charge on any atom is 0.127 e. The summed E-state index contributed by atoms with van der Waals surface area (Å²) in [6.07, 6.45) is 0. The van der Waals surface area contributed by atoms with Crippen LogP contribution in [0.2, 0.25) is 0 Å². The van der Waals surface area contributed by atoms with Crippen LogP contribution in [-0.4, -0.2) is 13.3 Å². The van der Waals surface area contributed by atoms with Gasteiger partial charge in [0.2, 0.25) is 0 Å². The summed E-state index contributed by atoms with van der Waals surface area (Å²) in [6.45, 7) is 0. The van der Waals surface area contributed by atoms with Crippen molar-refractivity contribution in [2.45, 2.75) is 0 Å². The molecule has 0 bridgehead atoms. The molecule has 2 rings (SSSR count). The minimum atomic E-state index is -3.11. The van der Waals surface area contributed by atoms with E-state index in [-0.39, 0.29) is 12.3 Å². The van der Waals surface area contributed by atoms with Crippen LogP contribution in [0.1, 0.15) is 0 Å². The number of benzene rings is 2. The summed E-state index contributed by atoms with van der Waals surface area (Å²) in [5, 5.41) is 0. The largest absolute Gasteiger partial charge is 0.784 e. The third kappa shape index (κ3) is 9.89. The van der Waals surface area contributed by atoms with Gasteiger partial charge in [-0.25, -0.2) is 0 Å². The Bertz CT molecular complexity index is 412. The number of ether oxygens (including phenoxy) is 1. The fourth-order valence-electron chi connectivity index (χ4n) is 1.11. The minimum absolute atomic E-state index is 0. The van der Waals surface area contributed by atoms with E-state index in [1.165, 1.54) is 0 Å². The highest BCUT2D eigenvalue weighted by Gasteiger charge is 1.92. The van der Waals surface area contributed by atoms with Gasteiger partial charge < -0.3 is 26.1 Å². The van der Waals surface area contributed by atoms with Gasteiger partial charge in [-0.3, -0.25) is 4.21 Å². The molecule has 6 nitrogen and oxygen atoms in total. The molecular weight excluding hydrogens is 268 g/mol. The van der Waals surface area contributed by atoms with Gasteiger partial charge >= 0.3 is 0 Å². The van der Waals surface area contributed by atoms with Crippen molar-refractivity contribution in [3.05, 3.63) is 60.7 Å². The Morgan fingerprint density at radius 3 is 1.26 bits per heavy atom. The summed E-state index contributed by atoms with van der Waals surface area (Å²) in [5.41, 5.74) is 0. The molecule has 2 aromatic carbocycles. The van der Waals surface area contributed by atoms with Crippen molar-refractivity contribution in [1.82, 2.24) is 12.3 Å². The Hall–Kier alpha value is -1.77. The minimum Gasteiger partial charge on any atom is -0.784 e. The summed E-state index contributed by atoms with van der Waals surface area (Å²) in [4.78, 5) is 0. The first-order valence-corrected chi connectivity index (χ1v) is 5.73. The quantitative estimate of drug-likeness (QED) is 0.815. The number of para-hydroxylation sites is 2. The molecule has 8 N–H and O–H groups in total. The van der Waals surface area contributed by atoms with E-state index in [2.05, 4.69) is 0 Å². The van der Waals surface area contributed by atoms with Gasteiger partial charge in [0.15, 0.2) is 0 Å². The summed E-state index contributed by atoms with van der Waals surface area (Å²) in [6, 6.07) is 19.5. The average Bonchev–Trinajstić information content (AvgIpc) is 2.31. The fourth-order valence-corrected chi connectivity index (χ4v) is 1.11. The van der Waals surface area contributed by atoms with Crippen molar-refractivity contribution in [3.63, 3.8) is 0 Å². The second kappa shape index (κ2) is 11.3. The molecule has 0 aromatic heterocycles. The first kappa shape index (κ1) is 19.6. The van der Waals surface area contributed by atoms with Crippen molar-refractivity contribution in [1.29, 1.82) is 0 Å². The molecule has 0 saturated carbocycles. The molecule has 0 atom stereocenters. The molecule has 7 heteroatoms. The van der Waals surface area contributed by atoms with Crippen LogP contribution in [0.15, 0.2) is 60.7 Å². The van der Waals surface area contributed by atoms with E-state index in [1.54, 1.807) is 0 Å². The van der Waals surface area contributed by atoms with Gasteiger partial charge in [0.05, 0.1) is 0 Å². The first-order chi connectivity index (χ1) is 8.18. The fraction of sp³-hybridized carbons (Fsp3) is 0. The van der Waals surface area contributed by atoms with Crippen LogP contribution in [0.4, 0.5) is 0 Å². The summed E-state index contributed by atoms with van der Waals surface area (Å²) in [7, 11) is 0. The molecule has 0 spiro atoms. The highest BCUT2D eigenvalue weighted by Crippen LogP contribution is 2.19. The van der Waals surface area contributed by atoms with Gasteiger partial charge in [-0.2, -0.15) is 0 Å². The van der Waals surface area contributed by atoms with Crippen molar-refractivity contribution in [2.24, 2.45) is 0 Å². The average molecular weight is 286 g/mol. The van der Waals surface area contributed by atoms with E-state index in [1.807, 2.05) is 60.7 Å². The molecule has 0 aliphatic heterocycles. The van der Waals surface area contributed by atoms with Gasteiger partial charge in [0, 0.05) is 0 Å². The Labute approximate surface area is 114 Å². The molecule has 0 saturated heterocycles. The smallest absolute Gasteiger partial charge is 0.127 e. The van der Waals surface area contributed by atoms with Gasteiger partial charge in [-0.05, 0) is 24.3 Å². The Morgan fingerprint density at radius 1 is 0.737 bits per heavy atom. The van der Waals surface area contributed by atoms with Crippen LogP contribution < -0.4 is 17.0 Å². The lowest BCUT2D eigenvalue weighted by Crippen LogP contribution is -1.81. The maximum absolute atomic E-state index is 8.44. The van der Waals surface area contributed by atoms with Gasteiger partial charge in [0.1, 0.15) is 11.5 Å². The Kier molecular flexibility index (Phi) is 11.7. The van der Waals surface area contributed by atoms with Crippen molar-refractivity contribution in [2.75, 3.05) is 0 Å². The lowest BCUT2D eigenvalue weighted by Gasteiger charge is -2.03. The van der Waals surface area contributed by atoms with Gasteiger partial charge in [-0.15, -0.1) is 11.4 Å². The Morgan fingerprint density at radius 2 is 1.00 bits per heavy atom. The number of rotatable bonds is 2. The molecule has 0 unspecified atom stereocenters. The second-order valence-corrected chi connectivity index (χ2v) is 3.34. The third-order valence-corrected chi connectivity index (χ3v) is 1.72. The summed E-state index contributed by atoms with van der Waals surface area (Å²) < 4.78 is 30.9. The maximum atomic E-state index is 8.44. The van der Waals surface area contributed by atoms with E-state index in [4.69, 9.17) is 18.1 Å². The molecule has 19 heavy (non-hydrogen) atoms. The second-order valence-electron chi connectivity index (χ2n) is 2.93. The van der Waals surface area contributed by atoms with E-state index in [0.717, 1.165) is 11.5 Å². The van der Waals surface area contributed by atoms with Crippen LogP contribution in [0, 0.1) is 0 Å². The predicted molar refractivity (Wildman–Crippen MR) is 74.6 cm³/mol. The monoisotopic (exact) mass is 286 g/mol. The number of hydrogen-bond acceptors (Lipinski definition) is 4. The molecule has 106 valence electrons. The lowest BCUT2D eigenvalue weighted by atomic mass is 10.3. The summed E-state index contributed by atoms with van der Waals surface area (Å²) >= 11 is -3.11. The van der Waals surface area contributed by atoms with Crippen LogP contribution >= 0.6 is 0 Å². The van der Waals surface area contributed by atoms with Crippen LogP contribution in [-0.2, 0) is 11.4 Å². The molecular formula is C12H18N2O4S. The number of quaternary nitrogens is 2. The zero-order valence-corrected chi connectivity index (χ0v) is 11.6. The molecule has 0 fully saturated rings. The molecule has 0 heterocycles. The third-order valence-electron chi connectivity index (χ3n) is 1.72. The molecule has 0 aliphatic rings. The standard InChI is InChI=1S/C12H10O.2H3N.H2O3S/c1-3-7-11(8-4-1)13-12-9-5-2-6-10-12;;;1-4(2)3/h1-10H;2*1H3;(H2,1,2,3). The highest BCUT2D eigenvalue weighted by atomic mass is 32.2. The normalized spacial score (nSPS) is 8.37. The topological polar surface area (TPSA) is 145 Å². The molecule has 0 aliphatic carbocycles. The predicted octanol–water partition coefficient (Wildman–Crippen LogP) is 3.23. The van der Waals surface area contributed by atoms with E-state index in [9.17, 15) is 0 Å². The molecule has 0 amide bonds. The summed E-state index contributed by atoms with van der Waals surface area (Å²) in [5.74, 6) is 1.74. The number of hydrogen-bond donors (Lipinski definition) is 2. The zero-order valence-electron chi connectivity index (χ0n) is 10.8. The van der Waals surface area contributed by atoms with E-state index in [0.29, 0.717) is 0 Å². The van der Waals surface area contributed by atoms with Crippen molar-refractivity contribution >= 4 is 11.4 Å². The Balaban J connectivity index is 0. The van der Waals surface area contributed by atoms with Crippen molar-refractivity contribution in [3.8, 4) is 11.5 Å². The van der Waals surface area contributed by atoms with Crippen LogP contribution in [0.25, 0.3) is 0 Å². The molecule has 2 aromatic rings. The van der Waals surface area contributed by atoms with Gasteiger partial charge in [0.25, 0.3) is 0 Å². The highest BCUT2D eigenvalue weighted by molar-refractivity contribution is 7.72. The molecule has 0 radical (unpaired) electrons. The van der Waals surface area contributed by atoms with Crippen LogP contribution in [0.5, 0.6) is 11.5 Å².